The number of hydrogen-bond donors (Lipinski definition) is 1. The minimum Gasteiger partial charge on any atom is -0.393 e. The Morgan fingerprint density at radius 1 is 1.29 bits per heavy atom. The van der Waals surface area contributed by atoms with E-state index in [2.05, 4.69) is 13.5 Å². The van der Waals surface area contributed by atoms with Gasteiger partial charge in [0.15, 0.2) is 5.78 Å². The number of carbonyl (C=O) groups is 1. The van der Waals surface area contributed by atoms with Crippen molar-refractivity contribution in [2.75, 3.05) is 0 Å². The zero-order valence-corrected chi connectivity index (χ0v) is 14.9. The van der Waals surface area contributed by atoms with E-state index in [1.165, 1.54) is 24.0 Å². The summed E-state index contributed by atoms with van der Waals surface area (Å²) in [6.45, 7) is 6.26. The van der Waals surface area contributed by atoms with E-state index in [-0.39, 0.29) is 11.5 Å². The Balaban J connectivity index is 1.78. The number of aliphatic hydroxyl groups is 1. The third-order valence-corrected chi connectivity index (χ3v) is 7.51. The maximum Gasteiger partial charge on any atom is 0.156 e. The highest BCUT2D eigenvalue weighted by molar-refractivity contribution is 5.93. The highest BCUT2D eigenvalue weighted by atomic mass is 16.3. The van der Waals surface area contributed by atoms with Gasteiger partial charge in [-0.2, -0.15) is 0 Å². The molecule has 2 fully saturated rings. The van der Waals surface area contributed by atoms with Gasteiger partial charge in [-0.3, -0.25) is 4.79 Å². The van der Waals surface area contributed by atoms with E-state index < -0.39 is 0 Å². The second-order valence-corrected chi connectivity index (χ2v) is 8.69. The monoisotopic (exact) mass is 326 g/mol. The molecular weight excluding hydrogens is 296 g/mol. The molecule has 4 rings (SSSR count). The number of aliphatic hydroxyl groups excluding tert-OH is 1. The van der Waals surface area contributed by atoms with Crippen LogP contribution in [0.3, 0.4) is 0 Å². The number of carbonyl (C=O) groups excluding carboxylic acids is 1. The molecule has 0 aromatic rings. The highest BCUT2D eigenvalue weighted by Crippen LogP contribution is 2.62. The van der Waals surface area contributed by atoms with E-state index in [1.54, 1.807) is 5.57 Å². The number of allylic oxidation sites excluding steroid dienone is 5. The van der Waals surface area contributed by atoms with Crippen LogP contribution >= 0.6 is 0 Å². The number of fused-ring (bicyclic) bond motifs is 4. The summed E-state index contributed by atoms with van der Waals surface area (Å²) >= 11 is 0. The Hall–Kier alpha value is -1.15. The standard InChI is InChI=1S/C22H30O2/c1-3-4-5-15-13-22(2)19(10-11-20(22)24)18-8-6-14-12-16(23)7-9-17(14)21(15)18/h3,12,15,18-20,24H,1,4-11,13H2,2H3/t15?,18?,19?,20?,22-/m0/s1. The van der Waals surface area contributed by atoms with E-state index in [0.29, 0.717) is 30.0 Å². The summed E-state index contributed by atoms with van der Waals surface area (Å²) in [4.78, 5) is 11.9. The number of hydrogen-bond acceptors (Lipinski definition) is 2. The van der Waals surface area contributed by atoms with E-state index >= 15 is 0 Å². The molecule has 0 radical (unpaired) electrons. The second kappa shape index (κ2) is 5.98. The van der Waals surface area contributed by atoms with Gasteiger partial charge in [-0.05, 0) is 91.8 Å². The molecule has 24 heavy (non-hydrogen) atoms. The number of ketones is 1. The zero-order chi connectivity index (χ0) is 16.9. The quantitative estimate of drug-likeness (QED) is 0.760. The van der Waals surface area contributed by atoms with Crippen LogP contribution < -0.4 is 0 Å². The van der Waals surface area contributed by atoms with Crippen LogP contribution in [0.25, 0.3) is 0 Å². The first-order chi connectivity index (χ1) is 11.5. The largest absolute Gasteiger partial charge is 0.393 e. The molecule has 0 spiro atoms. The fourth-order valence-electron chi connectivity index (χ4n) is 6.38. The molecule has 4 aliphatic rings. The van der Waals surface area contributed by atoms with Gasteiger partial charge in [0.1, 0.15) is 0 Å². The van der Waals surface area contributed by atoms with Crippen molar-refractivity contribution in [3.63, 3.8) is 0 Å². The molecule has 0 bridgehead atoms. The van der Waals surface area contributed by atoms with Gasteiger partial charge in [0.05, 0.1) is 6.10 Å². The van der Waals surface area contributed by atoms with Gasteiger partial charge in [-0.1, -0.05) is 18.6 Å². The maximum atomic E-state index is 11.9. The minimum atomic E-state index is -0.134. The van der Waals surface area contributed by atoms with Crippen molar-refractivity contribution in [1.82, 2.24) is 0 Å². The zero-order valence-electron chi connectivity index (χ0n) is 14.9. The van der Waals surface area contributed by atoms with Crippen molar-refractivity contribution in [3.8, 4) is 0 Å². The first-order valence-corrected chi connectivity index (χ1v) is 9.80. The lowest BCUT2D eigenvalue weighted by Crippen LogP contribution is -2.45. The van der Waals surface area contributed by atoms with E-state index in [1.807, 2.05) is 12.2 Å². The summed E-state index contributed by atoms with van der Waals surface area (Å²) in [7, 11) is 0. The van der Waals surface area contributed by atoms with Gasteiger partial charge in [-0.25, -0.2) is 0 Å². The molecule has 0 saturated heterocycles. The lowest BCUT2D eigenvalue weighted by Gasteiger charge is -2.52. The smallest absolute Gasteiger partial charge is 0.156 e. The van der Waals surface area contributed by atoms with Gasteiger partial charge in [0.25, 0.3) is 0 Å². The van der Waals surface area contributed by atoms with Crippen molar-refractivity contribution in [2.45, 2.75) is 70.8 Å². The van der Waals surface area contributed by atoms with Gasteiger partial charge < -0.3 is 5.11 Å². The SMILES string of the molecule is C=CCCC1C[C@]2(C)C(O)CCC2C2CCC3=CC(=O)CCC3=C12. The van der Waals surface area contributed by atoms with E-state index in [0.717, 1.165) is 38.5 Å². The van der Waals surface area contributed by atoms with Crippen LogP contribution in [0.5, 0.6) is 0 Å². The third-order valence-electron chi connectivity index (χ3n) is 7.51. The van der Waals surface area contributed by atoms with Crippen molar-refractivity contribution in [3.05, 3.63) is 35.5 Å². The molecule has 2 saturated carbocycles. The molecular formula is C22H30O2. The fourth-order valence-corrected chi connectivity index (χ4v) is 6.38. The van der Waals surface area contributed by atoms with Crippen LogP contribution in [-0.2, 0) is 4.79 Å². The normalized spacial score (nSPS) is 41.4. The van der Waals surface area contributed by atoms with E-state index in [9.17, 15) is 9.90 Å². The van der Waals surface area contributed by atoms with Gasteiger partial charge >= 0.3 is 0 Å². The Labute approximate surface area is 145 Å². The number of rotatable bonds is 3. The van der Waals surface area contributed by atoms with Crippen LogP contribution in [0, 0.1) is 23.2 Å². The molecule has 0 amide bonds. The lowest BCUT2D eigenvalue weighted by molar-refractivity contribution is -0.114. The molecule has 0 aliphatic heterocycles. The second-order valence-electron chi connectivity index (χ2n) is 8.69. The minimum absolute atomic E-state index is 0.0896. The summed E-state index contributed by atoms with van der Waals surface area (Å²) in [5, 5.41) is 10.7. The molecule has 0 heterocycles. The van der Waals surface area contributed by atoms with Gasteiger partial charge in [-0.15, -0.1) is 6.58 Å². The van der Waals surface area contributed by atoms with Crippen LogP contribution in [0.4, 0.5) is 0 Å². The average Bonchev–Trinajstić information content (AvgIpc) is 2.87. The molecule has 0 aromatic carbocycles. The Morgan fingerprint density at radius 2 is 2.12 bits per heavy atom. The van der Waals surface area contributed by atoms with Crippen molar-refractivity contribution < 1.29 is 9.90 Å². The molecule has 0 aromatic heterocycles. The summed E-state index contributed by atoms with van der Waals surface area (Å²) in [5.74, 6) is 2.14. The van der Waals surface area contributed by atoms with Gasteiger partial charge in [0.2, 0.25) is 0 Å². The fraction of sp³-hybridized carbons (Fsp3) is 0.682. The molecule has 2 nitrogen and oxygen atoms in total. The predicted molar refractivity (Wildman–Crippen MR) is 96.4 cm³/mol. The predicted octanol–water partition coefficient (Wildman–Crippen LogP) is 4.75. The van der Waals surface area contributed by atoms with Crippen molar-refractivity contribution in [1.29, 1.82) is 0 Å². The van der Waals surface area contributed by atoms with Crippen molar-refractivity contribution in [2.24, 2.45) is 23.2 Å². The molecule has 4 unspecified atom stereocenters. The Morgan fingerprint density at radius 3 is 2.92 bits per heavy atom. The first kappa shape index (κ1) is 16.3. The average molecular weight is 326 g/mol. The van der Waals surface area contributed by atoms with Crippen molar-refractivity contribution >= 4 is 5.78 Å². The molecule has 5 atom stereocenters. The maximum absolute atomic E-state index is 11.9. The molecule has 1 N–H and O–H groups in total. The summed E-state index contributed by atoms with van der Waals surface area (Å²) in [5.41, 5.74) is 4.64. The Kier molecular flexibility index (Phi) is 4.07. The highest BCUT2D eigenvalue weighted by Gasteiger charge is 2.55. The van der Waals surface area contributed by atoms with E-state index in [4.69, 9.17) is 0 Å². The van der Waals surface area contributed by atoms with Crippen LogP contribution in [0.1, 0.15) is 64.7 Å². The molecule has 130 valence electrons. The summed E-state index contributed by atoms with van der Waals surface area (Å²) < 4.78 is 0. The Bertz CT molecular complexity index is 626. The summed E-state index contributed by atoms with van der Waals surface area (Å²) in [6, 6.07) is 0. The summed E-state index contributed by atoms with van der Waals surface area (Å²) in [6.07, 6.45) is 13.2. The molecule has 4 aliphatic carbocycles. The molecule has 2 heteroatoms. The van der Waals surface area contributed by atoms with Crippen LogP contribution in [0.15, 0.2) is 35.5 Å². The first-order valence-electron chi connectivity index (χ1n) is 9.80. The third kappa shape index (κ3) is 2.37. The topological polar surface area (TPSA) is 37.3 Å². The van der Waals surface area contributed by atoms with Gasteiger partial charge in [0, 0.05) is 6.42 Å². The lowest BCUT2D eigenvalue weighted by atomic mass is 9.53. The van der Waals surface area contributed by atoms with Crippen LogP contribution in [0.2, 0.25) is 0 Å². The van der Waals surface area contributed by atoms with Crippen LogP contribution in [-0.4, -0.2) is 17.0 Å².